The van der Waals surface area contributed by atoms with Crippen molar-refractivity contribution in [2.75, 3.05) is 18.9 Å². The Morgan fingerprint density at radius 3 is 2.41 bits per heavy atom. The maximum Gasteiger partial charge on any atom is 0.254 e. The largest absolute Gasteiger partial charge is 0.332 e. The maximum absolute atomic E-state index is 13.3. The highest BCUT2D eigenvalue weighted by atomic mass is 35.5. The molecule has 1 N–H and O–H groups in total. The van der Waals surface area contributed by atoms with Crippen LogP contribution >= 0.6 is 23.2 Å². The van der Waals surface area contributed by atoms with Crippen molar-refractivity contribution in [3.8, 4) is 0 Å². The Kier molecular flexibility index (Phi) is 6.86. The number of aryl methyl sites for hydroxylation is 2. The van der Waals surface area contributed by atoms with Gasteiger partial charge in [0.15, 0.2) is 5.65 Å². The van der Waals surface area contributed by atoms with Crippen molar-refractivity contribution in [1.29, 1.82) is 0 Å². The molecule has 2 aromatic heterocycles. The molecule has 174 valence electrons. The number of hydrogen-bond donors (Lipinski definition) is 1. The molecule has 2 amide bonds. The summed E-state index contributed by atoms with van der Waals surface area (Å²) in [5.74, 6) is -0.728. The van der Waals surface area contributed by atoms with Crippen LogP contribution in [0.2, 0.25) is 10.0 Å². The molecule has 0 saturated carbocycles. The minimum absolute atomic E-state index is 0.180. The van der Waals surface area contributed by atoms with Crippen LogP contribution in [0.4, 0.5) is 5.69 Å². The third kappa shape index (κ3) is 5.05. The first-order valence-corrected chi connectivity index (χ1v) is 11.4. The van der Waals surface area contributed by atoms with Gasteiger partial charge >= 0.3 is 0 Å². The van der Waals surface area contributed by atoms with E-state index in [0.717, 1.165) is 5.56 Å². The normalized spacial score (nSPS) is 11.0. The summed E-state index contributed by atoms with van der Waals surface area (Å²) in [4.78, 5) is 31.8. The minimum atomic E-state index is -0.414. The van der Waals surface area contributed by atoms with Crippen molar-refractivity contribution in [3.63, 3.8) is 0 Å². The molecule has 0 aliphatic rings. The standard InChI is InChI=1S/C25H23Cl2N5O2/c1-15-7-9-17(10-8-15)13-32-24-19(12-28-32)18(11-16(2)29-24)25(34)31(3)14-22(33)30-23-20(26)5-4-6-21(23)27/h4-12H,13-14H2,1-3H3,(H,30,33). The van der Waals surface area contributed by atoms with E-state index < -0.39 is 5.91 Å². The third-order valence-corrected chi connectivity index (χ3v) is 6.01. The number of hydrogen-bond acceptors (Lipinski definition) is 4. The Labute approximate surface area is 207 Å². The van der Waals surface area contributed by atoms with Gasteiger partial charge in [0.05, 0.1) is 46.0 Å². The van der Waals surface area contributed by atoms with Gasteiger partial charge in [-0.1, -0.05) is 59.1 Å². The molecule has 0 atom stereocenters. The number of amides is 2. The van der Waals surface area contributed by atoms with Gasteiger partial charge in [0.2, 0.25) is 5.91 Å². The fourth-order valence-electron chi connectivity index (χ4n) is 3.62. The number of nitrogens with zero attached hydrogens (tertiary/aromatic N) is 4. The average Bonchev–Trinajstić information content (AvgIpc) is 3.19. The lowest BCUT2D eigenvalue weighted by Gasteiger charge is -2.18. The molecule has 9 heteroatoms. The number of halogens is 2. The molecule has 34 heavy (non-hydrogen) atoms. The van der Waals surface area contributed by atoms with E-state index in [0.29, 0.717) is 44.6 Å². The molecule has 0 radical (unpaired) electrons. The molecule has 4 rings (SSSR count). The Hall–Kier alpha value is -3.42. The molecule has 0 aliphatic heterocycles. The van der Waals surface area contributed by atoms with Crippen LogP contribution < -0.4 is 5.32 Å². The minimum Gasteiger partial charge on any atom is -0.332 e. The van der Waals surface area contributed by atoms with E-state index in [1.807, 2.05) is 38.1 Å². The summed E-state index contributed by atoms with van der Waals surface area (Å²) in [6, 6.07) is 14.8. The van der Waals surface area contributed by atoms with Gasteiger partial charge in [0.25, 0.3) is 5.91 Å². The zero-order valence-electron chi connectivity index (χ0n) is 19.0. The number of fused-ring (bicyclic) bond motifs is 1. The summed E-state index contributed by atoms with van der Waals surface area (Å²) < 4.78 is 1.77. The number of pyridine rings is 1. The van der Waals surface area contributed by atoms with Gasteiger partial charge in [-0.05, 0) is 37.6 Å². The molecular weight excluding hydrogens is 473 g/mol. The lowest BCUT2D eigenvalue weighted by Crippen LogP contribution is -2.35. The summed E-state index contributed by atoms with van der Waals surface area (Å²) >= 11 is 12.2. The molecule has 0 bridgehead atoms. The second-order valence-corrected chi connectivity index (χ2v) is 8.96. The van der Waals surface area contributed by atoms with Crippen LogP contribution in [0.1, 0.15) is 27.2 Å². The first kappa shape index (κ1) is 23.7. The van der Waals surface area contributed by atoms with E-state index in [1.165, 1.54) is 10.5 Å². The topological polar surface area (TPSA) is 80.1 Å². The molecular formula is C25H23Cl2N5O2. The highest BCUT2D eigenvalue weighted by Crippen LogP contribution is 2.29. The van der Waals surface area contributed by atoms with Crippen molar-refractivity contribution >= 4 is 51.7 Å². The number of carbonyl (C=O) groups excluding carboxylic acids is 2. The molecule has 2 heterocycles. The second kappa shape index (κ2) is 9.83. The van der Waals surface area contributed by atoms with Gasteiger partial charge in [-0.15, -0.1) is 0 Å². The Bertz CT molecular complexity index is 1360. The van der Waals surface area contributed by atoms with Gasteiger partial charge in [-0.2, -0.15) is 5.10 Å². The van der Waals surface area contributed by atoms with E-state index in [-0.39, 0.29) is 12.5 Å². The summed E-state index contributed by atoms with van der Waals surface area (Å²) in [6.07, 6.45) is 1.64. The molecule has 0 unspecified atom stereocenters. The highest BCUT2D eigenvalue weighted by molar-refractivity contribution is 6.39. The summed E-state index contributed by atoms with van der Waals surface area (Å²) in [6.45, 7) is 4.21. The SMILES string of the molecule is Cc1ccc(Cn2ncc3c(C(=O)N(C)CC(=O)Nc4c(Cl)cccc4Cl)cc(C)nc32)cc1. The number of benzene rings is 2. The van der Waals surface area contributed by atoms with E-state index in [9.17, 15) is 9.59 Å². The van der Waals surface area contributed by atoms with E-state index in [2.05, 4.69) is 15.4 Å². The van der Waals surface area contributed by atoms with Crippen LogP contribution in [-0.4, -0.2) is 45.1 Å². The number of nitrogens with one attached hydrogen (secondary N) is 1. The summed E-state index contributed by atoms with van der Waals surface area (Å²) in [7, 11) is 1.56. The smallest absolute Gasteiger partial charge is 0.254 e. The van der Waals surface area contributed by atoms with Gasteiger partial charge in [-0.3, -0.25) is 9.59 Å². The van der Waals surface area contributed by atoms with Crippen LogP contribution in [0.5, 0.6) is 0 Å². The molecule has 0 aliphatic carbocycles. The van der Waals surface area contributed by atoms with Crippen molar-refractivity contribution in [2.45, 2.75) is 20.4 Å². The number of rotatable bonds is 6. The van der Waals surface area contributed by atoms with Crippen molar-refractivity contribution in [3.05, 3.63) is 87.2 Å². The quantitative estimate of drug-likeness (QED) is 0.402. The van der Waals surface area contributed by atoms with E-state index in [1.54, 1.807) is 42.2 Å². The molecule has 7 nitrogen and oxygen atoms in total. The number of aromatic nitrogens is 3. The lowest BCUT2D eigenvalue weighted by atomic mass is 10.1. The van der Waals surface area contributed by atoms with E-state index >= 15 is 0 Å². The van der Waals surface area contributed by atoms with Gasteiger partial charge in [0.1, 0.15) is 0 Å². The highest BCUT2D eigenvalue weighted by Gasteiger charge is 2.21. The zero-order valence-corrected chi connectivity index (χ0v) is 20.5. The monoisotopic (exact) mass is 495 g/mol. The fourth-order valence-corrected chi connectivity index (χ4v) is 4.11. The molecule has 0 fully saturated rings. The third-order valence-electron chi connectivity index (χ3n) is 5.38. The predicted octanol–water partition coefficient (Wildman–Crippen LogP) is 5.11. The first-order chi connectivity index (χ1) is 16.2. The van der Waals surface area contributed by atoms with Crippen LogP contribution in [0, 0.1) is 13.8 Å². The predicted molar refractivity (Wildman–Crippen MR) is 135 cm³/mol. The fraction of sp³-hybridized carbons (Fsp3) is 0.200. The average molecular weight is 496 g/mol. The molecule has 0 spiro atoms. The number of anilines is 1. The number of likely N-dealkylation sites (N-methyl/N-ethyl adjacent to an activating group) is 1. The number of carbonyl (C=O) groups is 2. The van der Waals surface area contributed by atoms with Crippen LogP contribution in [0.15, 0.2) is 54.7 Å². The second-order valence-electron chi connectivity index (χ2n) is 8.14. The van der Waals surface area contributed by atoms with Gasteiger partial charge < -0.3 is 10.2 Å². The van der Waals surface area contributed by atoms with Crippen LogP contribution in [0.3, 0.4) is 0 Å². The van der Waals surface area contributed by atoms with Crippen LogP contribution in [-0.2, 0) is 11.3 Å². The zero-order chi connectivity index (χ0) is 24.4. The Balaban J connectivity index is 1.55. The van der Waals surface area contributed by atoms with Gasteiger partial charge in [0, 0.05) is 12.7 Å². The maximum atomic E-state index is 13.3. The lowest BCUT2D eigenvalue weighted by molar-refractivity contribution is -0.116. The van der Waals surface area contributed by atoms with E-state index in [4.69, 9.17) is 23.2 Å². The van der Waals surface area contributed by atoms with Crippen molar-refractivity contribution in [1.82, 2.24) is 19.7 Å². The molecule has 4 aromatic rings. The number of para-hydroxylation sites is 1. The van der Waals surface area contributed by atoms with Gasteiger partial charge in [-0.25, -0.2) is 9.67 Å². The first-order valence-electron chi connectivity index (χ1n) is 10.6. The Morgan fingerprint density at radius 2 is 1.74 bits per heavy atom. The molecule has 2 aromatic carbocycles. The summed E-state index contributed by atoms with van der Waals surface area (Å²) in [5.41, 5.74) is 4.31. The van der Waals surface area contributed by atoms with Crippen molar-refractivity contribution < 1.29 is 9.59 Å². The molecule has 0 saturated heterocycles. The van der Waals surface area contributed by atoms with Crippen molar-refractivity contribution in [2.24, 2.45) is 0 Å². The van der Waals surface area contributed by atoms with Crippen LogP contribution in [0.25, 0.3) is 11.0 Å². The summed E-state index contributed by atoms with van der Waals surface area (Å²) in [5, 5.41) is 8.41. The Morgan fingerprint density at radius 1 is 1.06 bits per heavy atom.